The Kier molecular flexibility index (Phi) is 5.76. The lowest BCUT2D eigenvalue weighted by Crippen LogP contribution is -2.34. The third-order valence-electron chi connectivity index (χ3n) is 4.39. The fourth-order valence-electron chi connectivity index (χ4n) is 2.97. The van der Waals surface area contributed by atoms with Gasteiger partial charge in [0.1, 0.15) is 0 Å². The third-order valence-corrected chi connectivity index (χ3v) is 4.39. The zero-order valence-electron chi connectivity index (χ0n) is 13.0. The largest absolute Gasteiger partial charge is 0.393 e. The maximum absolute atomic E-state index is 12.2. The van der Waals surface area contributed by atoms with Crippen molar-refractivity contribution in [3.05, 3.63) is 30.3 Å². The van der Waals surface area contributed by atoms with Crippen molar-refractivity contribution in [1.29, 1.82) is 0 Å². The van der Waals surface area contributed by atoms with Crippen molar-refractivity contribution in [2.45, 2.75) is 31.8 Å². The first-order valence-corrected chi connectivity index (χ1v) is 7.76. The van der Waals surface area contributed by atoms with Crippen molar-refractivity contribution in [2.24, 2.45) is 5.92 Å². The molecule has 0 saturated heterocycles. The minimum absolute atomic E-state index is 0.125. The lowest BCUT2D eigenvalue weighted by atomic mass is 10.1. The van der Waals surface area contributed by atoms with Crippen molar-refractivity contribution in [2.75, 3.05) is 32.1 Å². The van der Waals surface area contributed by atoms with Crippen molar-refractivity contribution in [3.8, 4) is 0 Å². The van der Waals surface area contributed by atoms with Crippen LogP contribution in [0.3, 0.4) is 0 Å². The SMILES string of the molecule is CN(CCC(=O)N(C)c1ccccc1)CC1CCCC1O. The lowest BCUT2D eigenvalue weighted by Gasteiger charge is -2.24. The number of carbonyl (C=O) groups is 1. The summed E-state index contributed by atoms with van der Waals surface area (Å²) in [5, 5.41) is 9.85. The highest BCUT2D eigenvalue weighted by Gasteiger charge is 2.26. The number of para-hydroxylation sites is 1. The summed E-state index contributed by atoms with van der Waals surface area (Å²) in [5.74, 6) is 0.497. The van der Waals surface area contributed by atoms with Gasteiger partial charge in [-0.15, -0.1) is 0 Å². The second-order valence-corrected chi connectivity index (χ2v) is 6.06. The van der Waals surface area contributed by atoms with Crippen LogP contribution < -0.4 is 4.90 Å². The van der Waals surface area contributed by atoms with Crippen molar-refractivity contribution in [1.82, 2.24) is 4.90 Å². The molecule has 0 heterocycles. The molecule has 0 radical (unpaired) electrons. The Morgan fingerprint density at radius 3 is 2.57 bits per heavy atom. The predicted octanol–water partition coefficient (Wildman–Crippen LogP) is 2.13. The standard InChI is InChI=1S/C17H26N2O2/c1-18(13-14-7-6-10-16(14)20)12-11-17(21)19(2)15-8-4-3-5-9-15/h3-5,8-9,14,16,20H,6-7,10-13H2,1-2H3. The second kappa shape index (κ2) is 7.57. The quantitative estimate of drug-likeness (QED) is 0.873. The number of hydrogen-bond acceptors (Lipinski definition) is 3. The Bertz CT molecular complexity index is 449. The van der Waals surface area contributed by atoms with Gasteiger partial charge < -0.3 is 14.9 Å². The van der Waals surface area contributed by atoms with Gasteiger partial charge >= 0.3 is 0 Å². The summed E-state index contributed by atoms with van der Waals surface area (Å²) in [4.78, 5) is 16.1. The van der Waals surface area contributed by atoms with E-state index < -0.39 is 0 Å². The number of aliphatic hydroxyl groups excluding tert-OH is 1. The fourth-order valence-corrected chi connectivity index (χ4v) is 2.97. The van der Waals surface area contributed by atoms with E-state index in [1.54, 1.807) is 4.90 Å². The molecule has 2 rings (SSSR count). The molecular weight excluding hydrogens is 264 g/mol. The summed E-state index contributed by atoms with van der Waals surface area (Å²) in [7, 11) is 3.85. The molecule has 1 amide bonds. The number of benzene rings is 1. The highest BCUT2D eigenvalue weighted by molar-refractivity contribution is 5.92. The van der Waals surface area contributed by atoms with Gasteiger partial charge in [0.25, 0.3) is 0 Å². The van der Waals surface area contributed by atoms with Crippen LogP contribution in [-0.4, -0.2) is 49.2 Å². The van der Waals surface area contributed by atoms with Crippen molar-refractivity contribution < 1.29 is 9.90 Å². The smallest absolute Gasteiger partial charge is 0.228 e. The molecule has 4 heteroatoms. The number of rotatable bonds is 6. The molecule has 1 aromatic carbocycles. The van der Waals surface area contributed by atoms with Gasteiger partial charge in [0.05, 0.1) is 6.10 Å². The molecule has 1 aliphatic rings. The summed E-state index contributed by atoms with van der Waals surface area (Å²) in [5.41, 5.74) is 0.927. The molecule has 1 saturated carbocycles. The molecular formula is C17H26N2O2. The van der Waals surface area contributed by atoms with Crippen LogP contribution >= 0.6 is 0 Å². The van der Waals surface area contributed by atoms with E-state index >= 15 is 0 Å². The molecule has 1 aliphatic carbocycles. The van der Waals surface area contributed by atoms with Crippen LogP contribution in [0.1, 0.15) is 25.7 Å². The maximum Gasteiger partial charge on any atom is 0.228 e. The highest BCUT2D eigenvalue weighted by atomic mass is 16.3. The van der Waals surface area contributed by atoms with Gasteiger partial charge in [-0.1, -0.05) is 24.6 Å². The molecule has 1 N–H and O–H groups in total. The number of aliphatic hydroxyl groups is 1. The predicted molar refractivity (Wildman–Crippen MR) is 85.3 cm³/mol. The first kappa shape index (κ1) is 16.0. The Hall–Kier alpha value is -1.39. The normalized spacial score (nSPS) is 21.7. The Morgan fingerprint density at radius 2 is 1.95 bits per heavy atom. The number of amides is 1. The molecule has 0 aliphatic heterocycles. The van der Waals surface area contributed by atoms with Crippen LogP contribution in [-0.2, 0) is 4.79 Å². The zero-order chi connectivity index (χ0) is 15.2. The molecule has 116 valence electrons. The van der Waals surface area contributed by atoms with Gasteiger partial charge in [0.15, 0.2) is 0 Å². The van der Waals surface area contributed by atoms with Crippen LogP contribution in [0.15, 0.2) is 30.3 Å². The Morgan fingerprint density at radius 1 is 1.24 bits per heavy atom. The molecule has 21 heavy (non-hydrogen) atoms. The summed E-state index contributed by atoms with van der Waals surface area (Å²) in [6.45, 7) is 1.61. The van der Waals surface area contributed by atoms with Crippen LogP contribution in [0.25, 0.3) is 0 Å². The van der Waals surface area contributed by atoms with E-state index in [1.165, 1.54) is 0 Å². The molecule has 0 aromatic heterocycles. The van der Waals surface area contributed by atoms with Crippen LogP contribution in [0, 0.1) is 5.92 Å². The Labute approximate surface area is 127 Å². The van der Waals surface area contributed by atoms with Crippen LogP contribution in [0.5, 0.6) is 0 Å². The van der Waals surface area contributed by atoms with Crippen molar-refractivity contribution >= 4 is 11.6 Å². The average molecular weight is 290 g/mol. The van der Waals surface area contributed by atoms with Gasteiger partial charge in [-0.3, -0.25) is 4.79 Å². The fraction of sp³-hybridized carbons (Fsp3) is 0.588. The maximum atomic E-state index is 12.2. The van der Waals surface area contributed by atoms with Crippen LogP contribution in [0.4, 0.5) is 5.69 Å². The molecule has 1 aromatic rings. The van der Waals surface area contributed by atoms with Crippen molar-refractivity contribution in [3.63, 3.8) is 0 Å². The zero-order valence-corrected chi connectivity index (χ0v) is 13.0. The summed E-state index contributed by atoms with van der Waals surface area (Å²) in [6.07, 6.45) is 3.49. The second-order valence-electron chi connectivity index (χ2n) is 6.06. The lowest BCUT2D eigenvalue weighted by molar-refractivity contribution is -0.118. The van der Waals surface area contributed by atoms with E-state index in [4.69, 9.17) is 0 Å². The molecule has 1 fully saturated rings. The molecule has 4 nitrogen and oxygen atoms in total. The first-order valence-electron chi connectivity index (χ1n) is 7.76. The monoisotopic (exact) mass is 290 g/mol. The molecule has 2 unspecified atom stereocenters. The number of hydrogen-bond donors (Lipinski definition) is 1. The van der Waals surface area contributed by atoms with E-state index in [9.17, 15) is 9.90 Å². The summed E-state index contributed by atoms with van der Waals surface area (Å²) < 4.78 is 0. The molecule has 0 spiro atoms. The third kappa shape index (κ3) is 4.55. The molecule has 2 atom stereocenters. The Balaban J connectivity index is 1.75. The average Bonchev–Trinajstić information content (AvgIpc) is 2.90. The van der Waals surface area contributed by atoms with E-state index in [0.29, 0.717) is 12.3 Å². The summed E-state index contributed by atoms with van der Waals surface area (Å²) >= 11 is 0. The van der Waals surface area contributed by atoms with E-state index in [1.807, 2.05) is 44.4 Å². The minimum atomic E-state index is -0.157. The first-order chi connectivity index (χ1) is 10.1. The van der Waals surface area contributed by atoms with Crippen LogP contribution in [0.2, 0.25) is 0 Å². The van der Waals surface area contributed by atoms with Gasteiger partial charge in [0.2, 0.25) is 5.91 Å². The summed E-state index contributed by atoms with van der Waals surface area (Å²) in [6, 6.07) is 9.70. The number of nitrogens with zero attached hydrogens (tertiary/aromatic N) is 2. The minimum Gasteiger partial charge on any atom is -0.393 e. The topological polar surface area (TPSA) is 43.8 Å². The van der Waals surface area contributed by atoms with Gasteiger partial charge in [-0.2, -0.15) is 0 Å². The van der Waals surface area contributed by atoms with Gasteiger partial charge in [-0.25, -0.2) is 0 Å². The van der Waals surface area contributed by atoms with E-state index in [0.717, 1.165) is 38.0 Å². The highest BCUT2D eigenvalue weighted by Crippen LogP contribution is 2.26. The number of carbonyl (C=O) groups excluding carboxylic acids is 1. The number of anilines is 1. The van der Waals surface area contributed by atoms with Gasteiger partial charge in [-0.05, 0) is 37.9 Å². The van der Waals surface area contributed by atoms with Gasteiger partial charge in [0, 0.05) is 32.2 Å². The van der Waals surface area contributed by atoms with E-state index in [2.05, 4.69) is 4.90 Å². The van der Waals surface area contributed by atoms with E-state index in [-0.39, 0.29) is 12.0 Å². The molecule has 0 bridgehead atoms.